The molecule has 2 aromatic rings. The number of fused-ring (bicyclic) bond motifs is 2. The molecule has 5 heteroatoms. The van der Waals surface area contributed by atoms with E-state index in [9.17, 15) is 0 Å². The highest BCUT2D eigenvalue weighted by Gasteiger charge is 2.20. The van der Waals surface area contributed by atoms with Crippen LogP contribution in [0.4, 0.5) is 5.82 Å². The summed E-state index contributed by atoms with van der Waals surface area (Å²) in [4.78, 5) is 11.7. The molecule has 4 rings (SSSR count). The predicted octanol–water partition coefficient (Wildman–Crippen LogP) is 2.75. The van der Waals surface area contributed by atoms with Gasteiger partial charge in [0.1, 0.15) is 23.5 Å². The van der Waals surface area contributed by atoms with Gasteiger partial charge in [0.05, 0.1) is 5.69 Å². The molecule has 132 valence electrons. The zero-order chi connectivity index (χ0) is 17.4. The van der Waals surface area contributed by atoms with Crippen LogP contribution < -0.4 is 10.1 Å². The quantitative estimate of drug-likeness (QED) is 0.932. The molecule has 2 aliphatic heterocycles. The monoisotopic (exact) mass is 338 g/mol. The first kappa shape index (κ1) is 16.3. The van der Waals surface area contributed by atoms with Crippen LogP contribution in [0.5, 0.6) is 5.75 Å². The molecule has 5 nitrogen and oxygen atoms in total. The van der Waals surface area contributed by atoms with Crippen LogP contribution in [0.2, 0.25) is 0 Å². The Morgan fingerprint density at radius 1 is 1.24 bits per heavy atom. The lowest BCUT2D eigenvalue weighted by atomic mass is 10.1. The number of anilines is 1. The van der Waals surface area contributed by atoms with E-state index in [2.05, 4.69) is 52.4 Å². The first-order valence-electron chi connectivity index (χ1n) is 9.16. The molecule has 0 radical (unpaired) electrons. The van der Waals surface area contributed by atoms with Gasteiger partial charge in [-0.1, -0.05) is 12.1 Å². The highest BCUT2D eigenvalue weighted by atomic mass is 16.5. The van der Waals surface area contributed by atoms with Crippen molar-refractivity contribution in [3.63, 3.8) is 0 Å². The van der Waals surface area contributed by atoms with Gasteiger partial charge in [-0.2, -0.15) is 0 Å². The molecule has 3 heterocycles. The fraction of sp³-hybridized carbons (Fsp3) is 0.500. The van der Waals surface area contributed by atoms with Gasteiger partial charge in [0.2, 0.25) is 0 Å². The lowest BCUT2D eigenvalue weighted by Gasteiger charge is -2.14. The fourth-order valence-electron chi connectivity index (χ4n) is 3.75. The zero-order valence-electron chi connectivity index (χ0n) is 15.3. The second-order valence-corrected chi connectivity index (χ2v) is 7.28. The van der Waals surface area contributed by atoms with Gasteiger partial charge in [-0.3, -0.25) is 0 Å². The molecule has 0 fully saturated rings. The third-order valence-electron chi connectivity index (χ3n) is 5.10. The molecule has 1 N–H and O–H groups in total. The molecular weight excluding hydrogens is 312 g/mol. The third-order valence-corrected chi connectivity index (χ3v) is 5.10. The third kappa shape index (κ3) is 3.47. The molecular formula is C20H26N4O. The van der Waals surface area contributed by atoms with Crippen molar-refractivity contribution in [2.45, 2.75) is 45.8 Å². The molecule has 0 spiro atoms. The standard InChI is InChI=1S/C20H26N4O/c1-13-10-16-11-15(4-5-19(16)25-13)12-21-20-17-6-8-24(3)9-7-18(17)22-14(2)23-20/h4-5,11,13H,6-10,12H2,1-3H3,(H,21,22,23)/t13-/m1/s1. The number of nitrogens with one attached hydrogen (secondary N) is 1. The van der Waals surface area contributed by atoms with E-state index in [1.165, 1.54) is 22.4 Å². The second-order valence-electron chi connectivity index (χ2n) is 7.28. The van der Waals surface area contributed by atoms with Crippen LogP contribution in [0.3, 0.4) is 0 Å². The van der Waals surface area contributed by atoms with Crippen LogP contribution in [-0.4, -0.2) is 41.1 Å². The molecule has 0 saturated carbocycles. The van der Waals surface area contributed by atoms with Gasteiger partial charge >= 0.3 is 0 Å². The average Bonchev–Trinajstić information content (AvgIpc) is 2.85. The number of hydrogen-bond acceptors (Lipinski definition) is 5. The van der Waals surface area contributed by atoms with Crippen LogP contribution in [0, 0.1) is 6.92 Å². The predicted molar refractivity (Wildman–Crippen MR) is 99.2 cm³/mol. The molecule has 0 bridgehead atoms. The number of hydrogen-bond donors (Lipinski definition) is 1. The van der Waals surface area contributed by atoms with E-state index >= 15 is 0 Å². The lowest BCUT2D eigenvalue weighted by Crippen LogP contribution is -2.20. The summed E-state index contributed by atoms with van der Waals surface area (Å²) in [5, 5.41) is 3.56. The van der Waals surface area contributed by atoms with Crippen LogP contribution >= 0.6 is 0 Å². The molecule has 1 aromatic carbocycles. The molecule has 0 unspecified atom stereocenters. The van der Waals surface area contributed by atoms with Crippen LogP contribution in [-0.2, 0) is 25.8 Å². The van der Waals surface area contributed by atoms with Crippen LogP contribution in [0.1, 0.15) is 35.1 Å². The molecule has 1 aromatic heterocycles. The summed E-state index contributed by atoms with van der Waals surface area (Å²) in [6, 6.07) is 6.49. The van der Waals surface area contributed by atoms with Gasteiger partial charge in [-0.15, -0.1) is 0 Å². The topological polar surface area (TPSA) is 50.3 Å². The van der Waals surface area contributed by atoms with Crippen molar-refractivity contribution in [3.8, 4) is 5.75 Å². The number of likely N-dealkylation sites (N-methyl/N-ethyl adjacent to an activating group) is 1. The summed E-state index contributed by atoms with van der Waals surface area (Å²) in [5.41, 5.74) is 5.07. The van der Waals surface area contributed by atoms with E-state index in [1.807, 2.05) is 6.92 Å². The number of rotatable bonds is 3. The fourth-order valence-corrected chi connectivity index (χ4v) is 3.75. The Labute approximate surface area is 149 Å². The van der Waals surface area contributed by atoms with E-state index in [0.717, 1.165) is 56.3 Å². The number of nitrogens with zero attached hydrogens (tertiary/aromatic N) is 3. The van der Waals surface area contributed by atoms with Crippen molar-refractivity contribution in [3.05, 3.63) is 46.4 Å². The molecule has 0 saturated heterocycles. The Morgan fingerprint density at radius 3 is 2.96 bits per heavy atom. The minimum Gasteiger partial charge on any atom is -0.490 e. The maximum atomic E-state index is 5.79. The summed E-state index contributed by atoms with van der Waals surface area (Å²) in [5.74, 6) is 2.89. The minimum atomic E-state index is 0.287. The minimum absolute atomic E-state index is 0.287. The average molecular weight is 338 g/mol. The first-order valence-corrected chi connectivity index (χ1v) is 9.16. The summed E-state index contributed by atoms with van der Waals surface area (Å²) in [7, 11) is 2.17. The smallest absolute Gasteiger partial charge is 0.133 e. The normalized spacial score (nSPS) is 19.7. The SMILES string of the molecule is Cc1nc2c(c(NCc3ccc4c(c3)C[C@@H](C)O4)n1)CCN(C)CC2. The van der Waals surface area contributed by atoms with Crippen molar-refractivity contribution >= 4 is 5.82 Å². The Morgan fingerprint density at radius 2 is 2.08 bits per heavy atom. The zero-order valence-corrected chi connectivity index (χ0v) is 15.3. The largest absolute Gasteiger partial charge is 0.490 e. The maximum Gasteiger partial charge on any atom is 0.133 e. The Bertz CT molecular complexity index is 790. The van der Waals surface area contributed by atoms with Gasteiger partial charge in [-0.05, 0) is 44.5 Å². The summed E-state index contributed by atoms with van der Waals surface area (Å²) in [6.07, 6.45) is 3.29. The van der Waals surface area contributed by atoms with E-state index in [-0.39, 0.29) is 6.10 Å². The summed E-state index contributed by atoms with van der Waals surface area (Å²) < 4.78 is 5.79. The highest BCUT2D eigenvalue weighted by Crippen LogP contribution is 2.30. The number of ether oxygens (including phenoxy) is 1. The number of aryl methyl sites for hydroxylation is 1. The number of aromatic nitrogens is 2. The summed E-state index contributed by atoms with van der Waals surface area (Å²) >= 11 is 0. The van der Waals surface area contributed by atoms with Crippen molar-refractivity contribution in [2.75, 3.05) is 25.5 Å². The van der Waals surface area contributed by atoms with E-state index in [1.54, 1.807) is 0 Å². The molecule has 2 aliphatic rings. The van der Waals surface area contributed by atoms with Crippen molar-refractivity contribution in [2.24, 2.45) is 0 Å². The molecule has 0 amide bonds. The van der Waals surface area contributed by atoms with E-state index in [0.29, 0.717) is 0 Å². The van der Waals surface area contributed by atoms with E-state index < -0.39 is 0 Å². The Kier molecular flexibility index (Phi) is 4.34. The van der Waals surface area contributed by atoms with Gasteiger partial charge in [0, 0.05) is 38.0 Å². The molecule has 25 heavy (non-hydrogen) atoms. The summed E-state index contributed by atoms with van der Waals surface area (Å²) in [6.45, 7) is 7.00. The van der Waals surface area contributed by atoms with Crippen molar-refractivity contribution < 1.29 is 4.74 Å². The number of benzene rings is 1. The first-order chi connectivity index (χ1) is 12.1. The highest BCUT2D eigenvalue weighted by molar-refractivity contribution is 5.49. The Balaban J connectivity index is 1.54. The lowest BCUT2D eigenvalue weighted by molar-refractivity contribution is 0.254. The van der Waals surface area contributed by atoms with Gasteiger partial charge in [-0.25, -0.2) is 9.97 Å². The maximum absolute atomic E-state index is 5.79. The van der Waals surface area contributed by atoms with Gasteiger partial charge in [0.25, 0.3) is 0 Å². The van der Waals surface area contributed by atoms with Crippen LogP contribution in [0.15, 0.2) is 18.2 Å². The van der Waals surface area contributed by atoms with E-state index in [4.69, 9.17) is 4.74 Å². The van der Waals surface area contributed by atoms with Crippen molar-refractivity contribution in [1.82, 2.24) is 14.9 Å². The van der Waals surface area contributed by atoms with Crippen LogP contribution in [0.25, 0.3) is 0 Å². The Hall–Kier alpha value is -2.14. The second kappa shape index (κ2) is 6.64. The molecule has 0 aliphatic carbocycles. The molecule has 1 atom stereocenters. The van der Waals surface area contributed by atoms with Crippen molar-refractivity contribution in [1.29, 1.82) is 0 Å². The van der Waals surface area contributed by atoms with Gasteiger partial charge in [0.15, 0.2) is 0 Å². The van der Waals surface area contributed by atoms with Gasteiger partial charge < -0.3 is 15.0 Å².